The van der Waals surface area contributed by atoms with Crippen LogP contribution >= 0.6 is 0 Å². The average Bonchev–Trinajstić information content (AvgIpc) is 3.33. The molecule has 0 aliphatic carbocycles. The van der Waals surface area contributed by atoms with Crippen molar-refractivity contribution in [1.29, 1.82) is 0 Å². The molecule has 0 radical (unpaired) electrons. The fraction of sp³-hybridized carbons (Fsp3) is 0.167. The van der Waals surface area contributed by atoms with Crippen LogP contribution in [-0.2, 0) is 5.92 Å². The van der Waals surface area contributed by atoms with Gasteiger partial charge in [-0.05, 0) is 53.6 Å². The van der Waals surface area contributed by atoms with Gasteiger partial charge in [-0.15, -0.1) is 0 Å². The summed E-state index contributed by atoms with van der Waals surface area (Å²) in [6.45, 7) is 0.00641. The summed E-state index contributed by atoms with van der Waals surface area (Å²) in [5, 5.41) is 7.72. The van der Waals surface area contributed by atoms with Crippen LogP contribution in [0.2, 0.25) is 0 Å². The van der Waals surface area contributed by atoms with Crippen LogP contribution in [0.1, 0.15) is 22.6 Å². The molecule has 3 aromatic carbocycles. The van der Waals surface area contributed by atoms with Gasteiger partial charge in [-0.2, -0.15) is 22.7 Å². The highest BCUT2D eigenvalue weighted by atomic mass is 19.3. The first-order chi connectivity index (χ1) is 16.5. The predicted octanol–water partition coefficient (Wildman–Crippen LogP) is 6.08. The Hall–Kier alpha value is -4.02. The summed E-state index contributed by atoms with van der Waals surface area (Å²) in [7, 11) is 0. The van der Waals surface area contributed by atoms with E-state index in [9.17, 15) is 31.1 Å². The highest BCUT2D eigenvalue weighted by molar-refractivity contribution is 6.07. The van der Waals surface area contributed by atoms with Crippen molar-refractivity contribution in [2.24, 2.45) is 5.10 Å². The van der Waals surface area contributed by atoms with E-state index >= 15 is 0 Å². The topological polar surface area (TPSA) is 53.9 Å². The van der Waals surface area contributed by atoms with E-state index in [1.807, 2.05) is 0 Å². The lowest BCUT2D eigenvalue weighted by Crippen LogP contribution is -2.37. The number of urea groups is 1. The van der Waals surface area contributed by atoms with Crippen molar-refractivity contribution in [3.63, 3.8) is 0 Å². The van der Waals surface area contributed by atoms with Crippen molar-refractivity contribution < 1.29 is 35.9 Å². The van der Waals surface area contributed by atoms with Gasteiger partial charge in [0, 0.05) is 11.6 Å². The number of amides is 2. The maximum Gasteiger partial charge on any atom is 0.469 e. The van der Waals surface area contributed by atoms with Crippen LogP contribution in [-0.4, -0.2) is 29.4 Å². The standard InChI is InChI=1S/C24H15F6N3O2/c25-15-5-1-13(2-6-15)18-12-33(32-21(18)14-3-7-16(26)8-4-14)22(34)31-17-9-10-20-19(11-17)23(27,28)24(29,30)35-20/h1-11,18H,12H2,(H,31,34). The second-order valence-corrected chi connectivity index (χ2v) is 8.01. The fourth-order valence-electron chi connectivity index (χ4n) is 3.96. The maximum atomic E-state index is 14.0. The van der Waals surface area contributed by atoms with Crippen LogP contribution in [0, 0.1) is 11.6 Å². The van der Waals surface area contributed by atoms with Crippen LogP contribution in [0.5, 0.6) is 5.75 Å². The van der Waals surface area contributed by atoms with E-state index in [1.165, 1.54) is 48.5 Å². The van der Waals surface area contributed by atoms with E-state index in [1.54, 1.807) is 0 Å². The molecular formula is C24H15F6N3O2. The Morgan fingerprint density at radius 3 is 2.23 bits per heavy atom. The Morgan fingerprint density at radius 2 is 1.57 bits per heavy atom. The fourth-order valence-corrected chi connectivity index (χ4v) is 3.96. The molecule has 3 aromatic rings. The van der Waals surface area contributed by atoms with E-state index < -0.39 is 46.9 Å². The number of benzene rings is 3. The molecule has 35 heavy (non-hydrogen) atoms. The number of carbonyl (C=O) groups excluding carboxylic acids is 1. The molecule has 11 heteroatoms. The lowest BCUT2D eigenvalue weighted by Gasteiger charge is -2.17. The van der Waals surface area contributed by atoms with Gasteiger partial charge in [0.2, 0.25) is 0 Å². The van der Waals surface area contributed by atoms with Crippen LogP contribution in [0.25, 0.3) is 0 Å². The second kappa shape index (κ2) is 8.03. The zero-order chi connectivity index (χ0) is 25.0. The van der Waals surface area contributed by atoms with Gasteiger partial charge in [-0.1, -0.05) is 24.3 Å². The molecule has 2 heterocycles. The lowest BCUT2D eigenvalue weighted by molar-refractivity contribution is -0.296. The van der Waals surface area contributed by atoms with Crippen molar-refractivity contribution in [1.82, 2.24) is 5.01 Å². The monoisotopic (exact) mass is 491 g/mol. The van der Waals surface area contributed by atoms with Gasteiger partial charge in [0.15, 0.2) is 0 Å². The number of alkyl halides is 4. The number of carbonyl (C=O) groups is 1. The van der Waals surface area contributed by atoms with Crippen LogP contribution in [0.15, 0.2) is 71.8 Å². The van der Waals surface area contributed by atoms with E-state index in [0.29, 0.717) is 22.9 Å². The smallest absolute Gasteiger partial charge is 0.427 e. The number of nitrogens with zero attached hydrogens (tertiary/aromatic N) is 2. The number of rotatable bonds is 3. The van der Waals surface area contributed by atoms with Gasteiger partial charge in [0.05, 0.1) is 17.8 Å². The number of hydrogen-bond donors (Lipinski definition) is 1. The summed E-state index contributed by atoms with van der Waals surface area (Å²) >= 11 is 0. The first-order valence-electron chi connectivity index (χ1n) is 10.3. The summed E-state index contributed by atoms with van der Waals surface area (Å²) in [4.78, 5) is 12.9. The van der Waals surface area contributed by atoms with E-state index in [0.717, 1.165) is 17.1 Å². The maximum absolute atomic E-state index is 14.0. The second-order valence-electron chi connectivity index (χ2n) is 8.01. The van der Waals surface area contributed by atoms with Crippen molar-refractivity contribution in [2.45, 2.75) is 17.9 Å². The third-order valence-electron chi connectivity index (χ3n) is 5.73. The average molecular weight is 491 g/mol. The van der Waals surface area contributed by atoms with Crippen molar-refractivity contribution >= 4 is 17.4 Å². The van der Waals surface area contributed by atoms with Crippen LogP contribution < -0.4 is 10.1 Å². The quantitative estimate of drug-likeness (QED) is 0.452. The molecule has 5 nitrogen and oxygen atoms in total. The summed E-state index contributed by atoms with van der Waals surface area (Å²) in [6.07, 6.45) is -4.70. The van der Waals surface area contributed by atoms with E-state index in [-0.39, 0.29) is 12.2 Å². The van der Waals surface area contributed by atoms with Gasteiger partial charge in [-0.3, -0.25) is 0 Å². The summed E-state index contributed by atoms with van der Waals surface area (Å²) in [5.41, 5.74) is 0.342. The SMILES string of the molecule is O=C(Nc1ccc2c(c1)C(F)(F)C(F)(F)O2)N1CC(c2ccc(F)cc2)C(c2ccc(F)cc2)=N1. The Labute approximate surface area is 194 Å². The zero-order valence-corrected chi connectivity index (χ0v) is 17.6. The lowest BCUT2D eigenvalue weighted by atomic mass is 9.90. The van der Waals surface area contributed by atoms with Crippen molar-refractivity contribution in [2.75, 3.05) is 11.9 Å². The third kappa shape index (κ3) is 3.96. The molecular weight excluding hydrogens is 476 g/mol. The normalized spacial score (nSPS) is 19.7. The molecule has 0 bridgehead atoms. The predicted molar refractivity (Wildman–Crippen MR) is 114 cm³/mol. The van der Waals surface area contributed by atoms with Crippen LogP contribution in [0.3, 0.4) is 0 Å². The van der Waals surface area contributed by atoms with Gasteiger partial charge in [-0.25, -0.2) is 18.6 Å². The third-order valence-corrected chi connectivity index (χ3v) is 5.73. The van der Waals surface area contributed by atoms with Gasteiger partial charge in [0.1, 0.15) is 17.4 Å². The highest BCUT2D eigenvalue weighted by Gasteiger charge is 2.66. The molecule has 0 aromatic heterocycles. The number of anilines is 1. The first kappa shape index (κ1) is 22.8. The number of hydrogen-bond acceptors (Lipinski definition) is 3. The van der Waals surface area contributed by atoms with E-state index in [4.69, 9.17) is 0 Å². The molecule has 0 spiro atoms. The summed E-state index contributed by atoms with van der Waals surface area (Å²) in [6, 6.07) is 12.9. The number of halogens is 6. The van der Waals surface area contributed by atoms with Crippen molar-refractivity contribution in [3.05, 3.63) is 95.1 Å². The Kier molecular flexibility index (Phi) is 5.22. The highest BCUT2D eigenvalue weighted by Crippen LogP contribution is 2.53. The molecule has 180 valence electrons. The Balaban J connectivity index is 1.42. The summed E-state index contributed by atoms with van der Waals surface area (Å²) in [5.74, 6) is -6.68. The van der Waals surface area contributed by atoms with E-state index in [2.05, 4.69) is 15.2 Å². The van der Waals surface area contributed by atoms with Crippen LogP contribution in [0.4, 0.5) is 36.8 Å². The molecule has 0 fully saturated rings. The molecule has 1 atom stereocenters. The van der Waals surface area contributed by atoms with Gasteiger partial charge >= 0.3 is 18.1 Å². The number of hydrazone groups is 1. The molecule has 2 amide bonds. The molecule has 5 rings (SSSR count). The molecule has 0 saturated carbocycles. The largest absolute Gasteiger partial charge is 0.469 e. The minimum absolute atomic E-state index is 0.00641. The number of nitrogens with one attached hydrogen (secondary N) is 1. The number of fused-ring (bicyclic) bond motifs is 1. The first-order valence-corrected chi connectivity index (χ1v) is 10.3. The molecule has 2 aliphatic heterocycles. The number of ether oxygens (including phenoxy) is 1. The zero-order valence-electron chi connectivity index (χ0n) is 17.6. The summed E-state index contributed by atoms with van der Waals surface area (Å²) < 4.78 is 85.8. The van der Waals surface area contributed by atoms with Crippen molar-refractivity contribution in [3.8, 4) is 5.75 Å². The van der Waals surface area contributed by atoms with Gasteiger partial charge in [0.25, 0.3) is 0 Å². The Morgan fingerprint density at radius 1 is 0.943 bits per heavy atom. The minimum atomic E-state index is -4.70. The molecule has 1 N–H and O–H groups in total. The molecule has 1 unspecified atom stereocenters. The molecule has 2 aliphatic rings. The Bertz CT molecular complexity index is 1330. The van der Waals surface area contributed by atoms with Gasteiger partial charge < -0.3 is 10.1 Å². The molecule has 0 saturated heterocycles. The minimum Gasteiger partial charge on any atom is -0.427 e.